The Balaban J connectivity index is 0.675. The average molecular weight is 961 g/mol. The number of rotatable bonds is 20. The van der Waals surface area contributed by atoms with E-state index in [0.717, 1.165) is 80.3 Å². The summed E-state index contributed by atoms with van der Waals surface area (Å²) < 4.78 is 30.7. The first-order valence-corrected chi connectivity index (χ1v) is 24.0. The first-order chi connectivity index (χ1) is 33.2. The topological polar surface area (TPSA) is 176 Å². The Labute approximate surface area is 404 Å². The Kier molecular flexibility index (Phi) is 15.0. The summed E-state index contributed by atoms with van der Waals surface area (Å²) >= 11 is 7.92. The van der Waals surface area contributed by atoms with E-state index in [1.165, 1.54) is 4.88 Å². The summed E-state index contributed by atoms with van der Waals surface area (Å²) in [7, 11) is 0. The number of aliphatic imine (C=N–C) groups is 1. The van der Waals surface area contributed by atoms with E-state index in [-0.39, 0.29) is 18.2 Å². The lowest BCUT2D eigenvalue weighted by Gasteiger charge is -2.28. The number of carbonyl (C=O) groups is 2. The fraction of sp³-hybridized carbons (Fsp3) is 0.360. The van der Waals surface area contributed by atoms with Crippen LogP contribution in [-0.2, 0) is 35.0 Å². The van der Waals surface area contributed by atoms with Crippen molar-refractivity contribution in [2.75, 3.05) is 99.9 Å². The first kappa shape index (κ1) is 46.9. The van der Waals surface area contributed by atoms with Gasteiger partial charge in [-0.1, -0.05) is 29.8 Å². The van der Waals surface area contributed by atoms with Gasteiger partial charge in [0.1, 0.15) is 40.9 Å². The van der Waals surface area contributed by atoms with Gasteiger partial charge < -0.3 is 44.5 Å². The minimum atomic E-state index is -0.574. The van der Waals surface area contributed by atoms with E-state index in [1.807, 2.05) is 78.2 Å². The molecule has 16 nitrogen and oxygen atoms in total. The van der Waals surface area contributed by atoms with Gasteiger partial charge in [-0.25, -0.2) is 4.98 Å². The third-order valence-electron chi connectivity index (χ3n) is 11.9. The lowest BCUT2D eigenvalue weighted by atomic mass is 9.99. The molecule has 18 heteroatoms. The quantitative estimate of drug-likeness (QED) is 0.0636. The molecule has 6 heterocycles. The third-order valence-corrected chi connectivity index (χ3v) is 13.4. The van der Waals surface area contributed by atoms with E-state index in [2.05, 4.69) is 57.0 Å². The maximum Gasteiger partial charge on any atom is 0.228 e. The molecule has 0 unspecified atom stereocenters. The number of amides is 2. The molecule has 1 fully saturated rings. The number of morpholine rings is 1. The molecule has 0 bridgehead atoms. The monoisotopic (exact) mass is 959 g/mol. The number of pyridine rings is 1. The number of ether oxygens (including phenoxy) is 5. The van der Waals surface area contributed by atoms with Crippen molar-refractivity contribution >= 4 is 63.5 Å². The molecule has 0 aliphatic carbocycles. The van der Waals surface area contributed by atoms with Crippen LogP contribution in [0.5, 0.6) is 5.75 Å². The van der Waals surface area contributed by atoms with Gasteiger partial charge in [-0.05, 0) is 98.1 Å². The Hall–Kier alpha value is -6.21. The standard InChI is InChI=1S/C50H54ClN9O7S/c1-31-32(2)68-50-46(31)47(34-4-7-37(51)8-5-34)55-42(49-58-57-33(3)60(49)50)30-45(62)53-38-9-11-39(12-10-38)67-27-26-66-25-24-65-23-22-63-19-16-52-48-40(13-15-43(56-48)59-17-20-64-21-18-59)35-6-14-41-36(28-35)29-44(61)54-41/h4-15,28,42H,16-27,29-30H2,1-3H3,(H,52,56)(H,53,62)(H,54,61)/t42-/m0/s1. The molecule has 0 spiro atoms. The van der Waals surface area contributed by atoms with Gasteiger partial charge in [0.2, 0.25) is 11.8 Å². The molecule has 9 rings (SSSR count). The van der Waals surface area contributed by atoms with Crippen LogP contribution < -0.4 is 25.6 Å². The Morgan fingerprint density at radius 3 is 2.35 bits per heavy atom. The number of nitrogens with one attached hydrogen (secondary N) is 3. The normalized spacial score (nSPS) is 15.2. The fourth-order valence-electron chi connectivity index (χ4n) is 8.34. The van der Waals surface area contributed by atoms with E-state index in [0.29, 0.717) is 94.7 Å². The summed E-state index contributed by atoms with van der Waals surface area (Å²) in [5.41, 5.74) is 8.31. The lowest BCUT2D eigenvalue weighted by molar-refractivity contribution is -0.117. The van der Waals surface area contributed by atoms with E-state index in [1.54, 1.807) is 11.3 Å². The number of nitrogens with zero attached hydrogens (tertiary/aromatic N) is 6. The van der Waals surface area contributed by atoms with E-state index in [9.17, 15) is 9.59 Å². The summed E-state index contributed by atoms with van der Waals surface area (Å²) in [6, 6.07) is 24.4. The van der Waals surface area contributed by atoms with E-state index in [4.69, 9.17) is 45.3 Å². The van der Waals surface area contributed by atoms with E-state index >= 15 is 0 Å². The van der Waals surface area contributed by atoms with Crippen LogP contribution in [0.25, 0.3) is 16.1 Å². The highest BCUT2D eigenvalue weighted by atomic mass is 35.5. The minimum absolute atomic E-state index is 0.00969. The number of carbonyl (C=O) groups excluding carboxylic acids is 2. The number of benzene rings is 3. The van der Waals surface area contributed by atoms with Crippen LogP contribution in [0.2, 0.25) is 5.02 Å². The van der Waals surface area contributed by atoms with Crippen molar-refractivity contribution in [2.24, 2.45) is 4.99 Å². The second-order valence-electron chi connectivity index (χ2n) is 16.6. The summed E-state index contributed by atoms with van der Waals surface area (Å²) in [6.07, 6.45) is 0.444. The van der Waals surface area contributed by atoms with Crippen molar-refractivity contribution < 1.29 is 33.3 Å². The predicted molar refractivity (Wildman–Crippen MR) is 264 cm³/mol. The molecule has 3 N–H and O–H groups in total. The Bertz CT molecular complexity index is 2770. The number of fused-ring (bicyclic) bond motifs is 4. The molecule has 3 aromatic heterocycles. The zero-order valence-electron chi connectivity index (χ0n) is 38.3. The van der Waals surface area contributed by atoms with Crippen LogP contribution in [-0.4, -0.2) is 116 Å². The fourth-order valence-corrected chi connectivity index (χ4v) is 9.68. The minimum Gasteiger partial charge on any atom is -0.491 e. The van der Waals surface area contributed by atoms with Crippen molar-refractivity contribution in [3.63, 3.8) is 0 Å². The zero-order chi connectivity index (χ0) is 47.0. The molecule has 6 aromatic rings. The predicted octanol–water partition coefficient (Wildman–Crippen LogP) is 7.76. The largest absolute Gasteiger partial charge is 0.491 e. The molecule has 2 amide bonds. The van der Waals surface area contributed by atoms with Gasteiger partial charge in [0.05, 0.1) is 71.4 Å². The molecular weight excluding hydrogens is 906 g/mol. The van der Waals surface area contributed by atoms with Crippen LogP contribution >= 0.6 is 22.9 Å². The van der Waals surface area contributed by atoms with Crippen LogP contribution in [0.1, 0.15) is 51.2 Å². The number of anilines is 4. The van der Waals surface area contributed by atoms with Crippen molar-refractivity contribution in [1.29, 1.82) is 0 Å². The highest BCUT2D eigenvalue weighted by Crippen LogP contribution is 2.40. The lowest BCUT2D eigenvalue weighted by Crippen LogP contribution is -2.36. The summed E-state index contributed by atoms with van der Waals surface area (Å²) in [4.78, 5) is 39.1. The van der Waals surface area contributed by atoms with Crippen molar-refractivity contribution in [1.82, 2.24) is 19.7 Å². The third kappa shape index (κ3) is 11.0. The number of hydrogen-bond acceptors (Lipinski definition) is 14. The SMILES string of the molecule is Cc1sc2c(c1C)C(c1ccc(Cl)cc1)=N[C@@H](CC(=O)Nc1ccc(OCCOCCOCCOCCNc3nc(N4CCOCC4)ccc3-c3ccc4c(c3)CC(=O)N4)cc1)c1nnc(C)n1-2. The molecule has 354 valence electrons. The van der Waals surface area contributed by atoms with Gasteiger partial charge in [0, 0.05) is 57.6 Å². The summed E-state index contributed by atoms with van der Waals surface area (Å²) in [5.74, 6) is 3.48. The Morgan fingerprint density at radius 2 is 1.59 bits per heavy atom. The highest BCUT2D eigenvalue weighted by Gasteiger charge is 2.32. The van der Waals surface area contributed by atoms with Gasteiger partial charge >= 0.3 is 0 Å². The first-order valence-electron chi connectivity index (χ1n) is 22.8. The molecule has 68 heavy (non-hydrogen) atoms. The van der Waals surface area contributed by atoms with Gasteiger partial charge in [0.25, 0.3) is 0 Å². The molecule has 3 aromatic carbocycles. The number of aryl methyl sites for hydroxylation is 2. The number of hydrogen-bond donors (Lipinski definition) is 3. The summed E-state index contributed by atoms with van der Waals surface area (Å²) in [5, 5.41) is 19.9. The van der Waals surface area contributed by atoms with Gasteiger partial charge in [-0.15, -0.1) is 21.5 Å². The summed E-state index contributed by atoms with van der Waals surface area (Å²) in [6.45, 7) is 12.6. The molecule has 0 saturated carbocycles. The molecule has 3 aliphatic heterocycles. The zero-order valence-corrected chi connectivity index (χ0v) is 39.9. The maximum atomic E-state index is 13.6. The van der Waals surface area contributed by atoms with Crippen LogP contribution in [0.4, 0.5) is 23.0 Å². The van der Waals surface area contributed by atoms with Crippen LogP contribution in [0.15, 0.2) is 83.9 Å². The molecule has 1 saturated heterocycles. The van der Waals surface area contributed by atoms with Crippen LogP contribution in [0.3, 0.4) is 0 Å². The van der Waals surface area contributed by atoms with Crippen molar-refractivity contribution in [3.05, 3.63) is 123 Å². The maximum absolute atomic E-state index is 13.6. The number of aromatic nitrogens is 4. The van der Waals surface area contributed by atoms with Gasteiger partial charge in [0.15, 0.2) is 5.82 Å². The Morgan fingerprint density at radius 1 is 0.868 bits per heavy atom. The van der Waals surface area contributed by atoms with Crippen molar-refractivity contribution in [3.8, 4) is 21.9 Å². The molecular formula is C50H54ClN9O7S. The van der Waals surface area contributed by atoms with E-state index < -0.39 is 6.04 Å². The second-order valence-corrected chi connectivity index (χ2v) is 18.2. The second kappa shape index (κ2) is 21.8. The smallest absolute Gasteiger partial charge is 0.228 e. The average Bonchev–Trinajstić information content (AvgIpc) is 3.99. The molecule has 0 radical (unpaired) electrons. The molecule has 1 atom stereocenters. The number of thiophene rings is 1. The highest BCUT2D eigenvalue weighted by molar-refractivity contribution is 7.15. The van der Waals surface area contributed by atoms with Gasteiger partial charge in [-0.2, -0.15) is 0 Å². The van der Waals surface area contributed by atoms with Gasteiger partial charge in [-0.3, -0.25) is 19.1 Å². The number of halogens is 1. The van der Waals surface area contributed by atoms with Crippen molar-refractivity contribution in [2.45, 2.75) is 39.7 Å². The van der Waals surface area contributed by atoms with Crippen LogP contribution in [0, 0.1) is 20.8 Å². The molecule has 3 aliphatic rings.